The largest absolute Gasteiger partial charge is 0.452 e. The van der Waals surface area contributed by atoms with Crippen LogP contribution in [0.1, 0.15) is 12.0 Å². The molecule has 1 spiro atoms. The van der Waals surface area contributed by atoms with Crippen molar-refractivity contribution in [1.82, 2.24) is 4.90 Å². The van der Waals surface area contributed by atoms with Gasteiger partial charge in [0, 0.05) is 18.5 Å². The first-order chi connectivity index (χ1) is 8.66. The smallest absolute Gasteiger partial charge is 0.414 e. The highest BCUT2D eigenvalue weighted by Crippen LogP contribution is 2.45. The standard InChI is InChI=1S/C14H18N2O2/c1-15-8-7-14(9-15)10-16(13(17)18-2)12-6-4-3-5-11(12)14/h3-6H,7-10H2,1-2H3. The number of fused-ring (bicyclic) bond motifs is 2. The van der Waals surface area contributed by atoms with E-state index in [4.69, 9.17) is 4.74 Å². The van der Waals surface area contributed by atoms with Gasteiger partial charge in [0.05, 0.1) is 12.8 Å². The number of para-hydroxylation sites is 1. The minimum absolute atomic E-state index is 0.0968. The van der Waals surface area contributed by atoms with E-state index in [-0.39, 0.29) is 11.5 Å². The van der Waals surface area contributed by atoms with E-state index in [1.165, 1.54) is 12.7 Å². The predicted octanol–water partition coefficient (Wildman–Crippen LogP) is 1.85. The van der Waals surface area contributed by atoms with Crippen LogP contribution in [0.2, 0.25) is 0 Å². The Bertz CT molecular complexity index is 488. The Labute approximate surface area is 107 Å². The van der Waals surface area contributed by atoms with Gasteiger partial charge >= 0.3 is 6.09 Å². The highest BCUT2D eigenvalue weighted by Gasteiger charge is 2.48. The number of anilines is 1. The van der Waals surface area contributed by atoms with Gasteiger partial charge in [-0.05, 0) is 31.6 Å². The fraction of sp³-hybridized carbons (Fsp3) is 0.500. The van der Waals surface area contributed by atoms with Gasteiger partial charge in [0.2, 0.25) is 0 Å². The SMILES string of the molecule is COC(=O)N1CC2(CCN(C)C2)c2ccccc21. The van der Waals surface area contributed by atoms with Crippen LogP contribution < -0.4 is 4.90 Å². The maximum atomic E-state index is 11.9. The number of hydrogen-bond acceptors (Lipinski definition) is 3. The van der Waals surface area contributed by atoms with Gasteiger partial charge in [-0.3, -0.25) is 4.90 Å². The molecule has 0 saturated carbocycles. The molecule has 0 N–H and O–H groups in total. The number of hydrogen-bond donors (Lipinski definition) is 0. The molecule has 2 aliphatic rings. The van der Waals surface area contributed by atoms with Gasteiger partial charge in [-0.15, -0.1) is 0 Å². The summed E-state index contributed by atoms with van der Waals surface area (Å²) >= 11 is 0. The van der Waals surface area contributed by atoms with E-state index in [2.05, 4.69) is 24.1 Å². The molecule has 0 bridgehead atoms. The van der Waals surface area contributed by atoms with Crippen molar-refractivity contribution in [2.75, 3.05) is 38.7 Å². The molecule has 2 aliphatic heterocycles. The molecule has 1 fully saturated rings. The van der Waals surface area contributed by atoms with Gasteiger partial charge in [0.15, 0.2) is 0 Å². The molecule has 1 saturated heterocycles. The fourth-order valence-electron chi connectivity index (χ4n) is 3.33. The fourth-order valence-corrected chi connectivity index (χ4v) is 3.33. The summed E-state index contributed by atoms with van der Waals surface area (Å²) in [5.74, 6) is 0. The third-order valence-corrected chi connectivity index (χ3v) is 4.17. The topological polar surface area (TPSA) is 32.8 Å². The Balaban J connectivity index is 2.04. The molecule has 0 aliphatic carbocycles. The zero-order chi connectivity index (χ0) is 12.8. The molecule has 1 aromatic carbocycles. The first kappa shape index (κ1) is 11.5. The quantitative estimate of drug-likeness (QED) is 0.700. The van der Waals surface area contributed by atoms with E-state index >= 15 is 0 Å². The van der Waals surface area contributed by atoms with Crippen LogP contribution >= 0.6 is 0 Å². The molecule has 1 unspecified atom stereocenters. The van der Waals surface area contributed by atoms with Crippen LogP contribution in [0.25, 0.3) is 0 Å². The molecular weight excluding hydrogens is 228 g/mol. The van der Waals surface area contributed by atoms with Crippen LogP contribution in [0.15, 0.2) is 24.3 Å². The number of rotatable bonds is 0. The molecule has 1 amide bonds. The Morgan fingerprint density at radius 1 is 1.33 bits per heavy atom. The molecule has 0 radical (unpaired) electrons. The molecule has 96 valence electrons. The second-order valence-electron chi connectivity index (χ2n) is 5.34. The lowest BCUT2D eigenvalue weighted by molar-refractivity contribution is 0.178. The van der Waals surface area contributed by atoms with Crippen LogP contribution in [-0.4, -0.2) is 44.8 Å². The Morgan fingerprint density at radius 2 is 2.11 bits per heavy atom. The van der Waals surface area contributed by atoms with Gasteiger partial charge in [0.1, 0.15) is 0 Å². The number of nitrogens with zero attached hydrogens (tertiary/aromatic N) is 2. The Hall–Kier alpha value is -1.55. The zero-order valence-electron chi connectivity index (χ0n) is 10.8. The maximum absolute atomic E-state index is 11.9. The van der Waals surface area contributed by atoms with Crippen LogP contribution in [-0.2, 0) is 10.2 Å². The van der Waals surface area contributed by atoms with E-state index in [9.17, 15) is 4.79 Å². The number of benzene rings is 1. The average Bonchev–Trinajstić information content (AvgIpc) is 2.92. The number of likely N-dealkylation sites (N-methyl/N-ethyl adjacent to an activating group) is 1. The predicted molar refractivity (Wildman–Crippen MR) is 70.0 cm³/mol. The number of likely N-dealkylation sites (tertiary alicyclic amines) is 1. The molecule has 0 aromatic heterocycles. The van der Waals surface area contributed by atoms with Crippen LogP contribution in [0.5, 0.6) is 0 Å². The monoisotopic (exact) mass is 246 g/mol. The maximum Gasteiger partial charge on any atom is 0.414 e. The molecule has 1 atom stereocenters. The molecular formula is C14H18N2O2. The number of amides is 1. The molecule has 1 aromatic rings. The van der Waals surface area contributed by atoms with E-state index in [0.717, 1.165) is 31.7 Å². The van der Waals surface area contributed by atoms with Crippen molar-refractivity contribution >= 4 is 11.8 Å². The molecule has 2 heterocycles. The van der Waals surface area contributed by atoms with Crippen molar-refractivity contribution in [1.29, 1.82) is 0 Å². The Morgan fingerprint density at radius 3 is 2.78 bits per heavy atom. The van der Waals surface area contributed by atoms with Crippen molar-refractivity contribution < 1.29 is 9.53 Å². The molecule has 3 rings (SSSR count). The van der Waals surface area contributed by atoms with Crippen molar-refractivity contribution in [2.45, 2.75) is 11.8 Å². The third kappa shape index (κ3) is 1.52. The van der Waals surface area contributed by atoms with Gasteiger partial charge in [-0.25, -0.2) is 4.79 Å². The number of methoxy groups -OCH3 is 1. The second kappa shape index (κ2) is 3.99. The normalized spacial score (nSPS) is 26.7. The lowest BCUT2D eigenvalue weighted by Crippen LogP contribution is -2.38. The highest BCUT2D eigenvalue weighted by atomic mass is 16.5. The van der Waals surface area contributed by atoms with E-state index < -0.39 is 0 Å². The zero-order valence-corrected chi connectivity index (χ0v) is 10.8. The van der Waals surface area contributed by atoms with E-state index in [1.807, 2.05) is 12.1 Å². The minimum atomic E-state index is -0.256. The van der Waals surface area contributed by atoms with Crippen LogP contribution in [0.4, 0.5) is 10.5 Å². The molecule has 4 nitrogen and oxygen atoms in total. The minimum Gasteiger partial charge on any atom is -0.452 e. The van der Waals surface area contributed by atoms with Crippen molar-refractivity contribution in [3.8, 4) is 0 Å². The van der Waals surface area contributed by atoms with E-state index in [0.29, 0.717) is 0 Å². The second-order valence-corrected chi connectivity index (χ2v) is 5.34. The lowest BCUT2D eigenvalue weighted by atomic mass is 9.82. The summed E-state index contributed by atoms with van der Waals surface area (Å²) in [6.07, 6.45) is 0.849. The van der Waals surface area contributed by atoms with Crippen molar-refractivity contribution in [3.63, 3.8) is 0 Å². The van der Waals surface area contributed by atoms with Gasteiger partial charge in [-0.1, -0.05) is 18.2 Å². The van der Waals surface area contributed by atoms with Gasteiger partial charge in [0.25, 0.3) is 0 Å². The molecule has 18 heavy (non-hydrogen) atoms. The number of carbonyl (C=O) groups is 1. The van der Waals surface area contributed by atoms with Crippen LogP contribution in [0.3, 0.4) is 0 Å². The highest BCUT2D eigenvalue weighted by molar-refractivity contribution is 5.91. The summed E-state index contributed by atoms with van der Waals surface area (Å²) in [6.45, 7) is 2.84. The summed E-state index contributed by atoms with van der Waals surface area (Å²) < 4.78 is 4.89. The third-order valence-electron chi connectivity index (χ3n) is 4.17. The first-order valence-corrected chi connectivity index (χ1v) is 6.30. The molecule has 4 heteroatoms. The summed E-state index contributed by atoms with van der Waals surface area (Å²) in [5, 5.41) is 0. The average molecular weight is 246 g/mol. The Kier molecular flexibility index (Phi) is 2.55. The van der Waals surface area contributed by atoms with Crippen molar-refractivity contribution in [3.05, 3.63) is 29.8 Å². The first-order valence-electron chi connectivity index (χ1n) is 6.30. The van der Waals surface area contributed by atoms with E-state index in [1.54, 1.807) is 4.90 Å². The summed E-state index contributed by atoms with van der Waals surface area (Å²) in [7, 11) is 3.58. The summed E-state index contributed by atoms with van der Waals surface area (Å²) in [4.78, 5) is 16.0. The number of ether oxygens (including phenoxy) is 1. The van der Waals surface area contributed by atoms with Gasteiger partial charge in [-0.2, -0.15) is 0 Å². The van der Waals surface area contributed by atoms with Crippen LogP contribution in [0, 0.1) is 0 Å². The van der Waals surface area contributed by atoms with Gasteiger partial charge < -0.3 is 9.64 Å². The summed E-state index contributed by atoms with van der Waals surface area (Å²) in [5.41, 5.74) is 2.40. The lowest BCUT2D eigenvalue weighted by Gasteiger charge is -2.24. The summed E-state index contributed by atoms with van der Waals surface area (Å²) in [6, 6.07) is 8.20. The number of carbonyl (C=O) groups excluding carboxylic acids is 1. The van der Waals surface area contributed by atoms with Crippen molar-refractivity contribution in [2.24, 2.45) is 0 Å².